The summed E-state index contributed by atoms with van der Waals surface area (Å²) in [6, 6.07) is 42.3. The van der Waals surface area contributed by atoms with E-state index >= 15 is 0 Å². The second kappa shape index (κ2) is 17.1. The van der Waals surface area contributed by atoms with E-state index in [0.717, 1.165) is 16.8 Å². The van der Waals surface area contributed by atoms with Crippen LogP contribution in [0, 0.1) is 0 Å². The number of benzene rings is 5. The van der Waals surface area contributed by atoms with Gasteiger partial charge < -0.3 is 19.7 Å². The predicted molar refractivity (Wildman–Crippen MR) is 190 cm³/mol. The van der Waals surface area contributed by atoms with Crippen molar-refractivity contribution in [2.45, 2.75) is 18.9 Å². The molecule has 5 rings (SSSR count). The summed E-state index contributed by atoms with van der Waals surface area (Å²) < 4.78 is 11.1. The number of methoxy groups -OCH3 is 1. The van der Waals surface area contributed by atoms with E-state index in [2.05, 4.69) is 5.32 Å². The number of para-hydroxylation sites is 2. The van der Waals surface area contributed by atoms with E-state index < -0.39 is 12.0 Å². The van der Waals surface area contributed by atoms with Crippen LogP contribution in [0.3, 0.4) is 0 Å². The molecule has 0 saturated carbocycles. The molecule has 242 valence electrons. The highest BCUT2D eigenvalue weighted by molar-refractivity contribution is 6.12. The van der Waals surface area contributed by atoms with Crippen LogP contribution in [0.25, 0.3) is 6.08 Å². The van der Waals surface area contributed by atoms with Crippen LogP contribution in [0.5, 0.6) is 5.75 Å². The van der Waals surface area contributed by atoms with Crippen molar-refractivity contribution in [3.8, 4) is 5.75 Å². The Balaban J connectivity index is 1.18. The minimum Gasteiger partial charge on any atom is -0.494 e. The summed E-state index contributed by atoms with van der Waals surface area (Å²) in [5.41, 5.74) is 4.27. The molecule has 0 bridgehead atoms. The molecule has 7 nitrogen and oxygen atoms in total. The number of hydrogen-bond donors (Lipinski definition) is 1. The van der Waals surface area contributed by atoms with Crippen LogP contribution in [0.2, 0.25) is 0 Å². The molecule has 1 atom stereocenters. The van der Waals surface area contributed by atoms with Gasteiger partial charge in [0, 0.05) is 41.5 Å². The normalized spacial score (nSPS) is 11.4. The van der Waals surface area contributed by atoms with E-state index in [1.165, 1.54) is 7.11 Å². The molecule has 0 heterocycles. The Morgan fingerprint density at radius 3 is 2.06 bits per heavy atom. The average molecular weight is 639 g/mol. The molecule has 48 heavy (non-hydrogen) atoms. The summed E-state index contributed by atoms with van der Waals surface area (Å²) >= 11 is 0. The van der Waals surface area contributed by atoms with Gasteiger partial charge in [-0.2, -0.15) is 0 Å². The number of carbonyl (C=O) groups is 3. The van der Waals surface area contributed by atoms with E-state index in [9.17, 15) is 14.4 Å². The molecule has 1 amide bonds. The number of anilines is 2. The molecule has 0 aliphatic carbocycles. The van der Waals surface area contributed by atoms with Crippen molar-refractivity contribution >= 4 is 35.1 Å². The van der Waals surface area contributed by atoms with Crippen LogP contribution in [0.1, 0.15) is 33.5 Å². The third-order valence-electron chi connectivity index (χ3n) is 7.73. The zero-order valence-electron chi connectivity index (χ0n) is 26.8. The van der Waals surface area contributed by atoms with Crippen molar-refractivity contribution in [3.05, 3.63) is 168 Å². The fourth-order valence-electron chi connectivity index (χ4n) is 5.24. The Morgan fingerprint density at radius 2 is 1.38 bits per heavy atom. The number of rotatable bonds is 15. The minimum atomic E-state index is -0.719. The molecule has 1 N–H and O–H groups in total. The Bertz CT molecular complexity index is 1810. The Hall–Kier alpha value is -5.95. The van der Waals surface area contributed by atoms with Crippen LogP contribution >= 0.6 is 0 Å². The van der Waals surface area contributed by atoms with Crippen molar-refractivity contribution in [1.29, 1.82) is 0 Å². The van der Waals surface area contributed by atoms with Crippen LogP contribution in [-0.2, 0) is 20.7 Å². The smallest absolute Gasteiger partial charge is 0.328 e. The van der Waals surface area contributed by atoms with Gasteiger partial charge >= 0.3 is 5.97 Å². The van der Waals surface area contributed by atoms with Crippen LogP contribution in [-0.4, -0.2) is 44.0 Å². The molecule has 0 aromatic heterocycles. The molecule has 0 spiro atoms. The number of amides is 1. The van der Waals surface area contributed by atoms with Crippen molar-refractivity contribution in [3.63, 3.8) is 0 Å². The van der Waals surface area contributed by atoms with E-state index in [0.29, 0.717) is 48.6 Å². The highest BCUT2D eigenvalue weighted by Gasteiger charge is 2.23. The first-order valence-electron chi connectivity index (χ1n) is 15.9. The lowest BCUT2D eigenvalue weighted by Crippen LogP contribution is -2.33. The maximum absolute atomic E-state index is 13.2. The van der Waals surface area contributed by atoms with Crippen molar-refractivity contribution in [2.75, 3.05) is 30.5 Å². The SMILES string of the molecule is COC(=O)[C@H](Cc1ccc(OCCCN(C(=O)/C=C/c2ccccc2)c2ccccc2)cc1)Nc1ccccc1C(=O)c1ccccc1. The minimum absolute atomic E-state index is 0.102. The van der Waals surface area contributed by atoms with E-state index in [4.69, 9.17) is 9.47 Å². The Morgan fingerprint density at radius 1 is 0.750 bits per heavy atom. The van der Waals surface area contributed by atoms with Crippen molar-refractivity contribution < 1.29 is 23.9 Å². The van der Waals surface area contributed by atoms with Gasteiger partial charge in [-0.15, -0.1) is 0 Å². The molecule has 0 radical (unpaired) electrons. The Labute approximate surface area is 281 Å². The first kappa shape index (κ1) is 33.4. The van der Waals surface area contributed by atoms with E-state index in [1.54, 1.807) is 41.3 Å². The summed E-state index contributed by atoms with van der Waals surface area (Å²) in [5.74, 6) is 0.00839. The number of nitrogens with zero attached hydrogens (tertiary/aromatic N) is 1. The van der Waals surface area contributed by atoms with Crippen LogP contribution < -0.4 is 15.0 Å². The summed E-state index contributed by atoms with van der Waals surface area (Å²) in [6.45, 7) is 0.901. The highest BCUT2D eigenvalue weighted by Crippen LogP contribution is 2.23. The number of esters is 1. The van der Waals surface area contributed by atoms with Gasteiger partial charge in [0.15, 0.2) is 5.78 Å². The molecule has 7 heteroatoms. The number of ketones is 1. The lowest BCUT2D eigenvalue weighted by molar-refractivity contribution is -0.141. The monoisotopic (exact) mass is 638 g/mol. The van der Waals surface area contributed by atoms with Gasteiger partial charge in [-0.1, -0.05) is 103 Å². The molecule has 0 aliphatic rings. The van der Waals surface area contributed by atoms with Crippen LogP contribution in [0.4, 0.5) is 11.4 Å². The maximum Gasteiger partial charge on any atom is 0.328 e. The zero-order chi connectivity index (χ0) is 33.6. The topological polar surface area (TPSA) is 84.9 Å². The third-order valence-corrected chi connectivity index (χ3v) is 7.73. The lowest BCUT2D eigenvalue weighted by Gasteiger charge is -2.21. The lowest BCUT2D eigenvalue weighted by atomic mass is 10.00. The molecular weight excluding hydrogens is 600 g/mol. The van der Waals surface area contributed by atoms with Gasteiger partial charge in [0.05, 0.1) is 13.7 Å². The average Bonchev–Trinajstić information content (AvgIpc) is 3.15. The fraction of sp³-hybridized carbons (Fsp3) is 0.146. The van der Waals surface area contributed by atoms with Gasteiger partial charge in [-0.05, 0) is 60.0 Å². The van der Waals surface area contributed by atoms with Gasteiger partial charge in [-0.3, -0.25) is 9.59 Å². The number of carbonyl (C=O) groups excluding carboxylic acids is 3. The summed E-state index contributed by atoms with van der Waals surface area (Å²) in [7, 11) is 1.35. The largest absolute Gasteiger partial charge is 0.494 e. The van der Waals surface area contributed by atoms with Crippen molar-refractivity contribution in [1.82, 2.24) is 0 Å². The van der Waals surface area contributed by atoms with E-state index in [1.807, 2.05) is 115 Å². The van der Waals surface area contributed by atoms with Gasteiger partial charge in [-0.25, -0.2) is 4.79 Å². The fourth-order valence-corrected chi connectivity index (χ4v) is 5.24. The van der Waals surface area contributed by atoms with E-state index in [-0.39, 0.29) is 11.7 Å². The van der Waals surface area contributed by atoms with Crippen LogP contribution in [0.15, 0.2) is 146 Å². The number of nitrogens with one attached hydrogen (secondary N) is 1. The van der Waals surface area contributed by atoms with Gasteiger partial charge in [0.1, 0.15) is 11.8 Å². The molecule has 5 aromatic rings. The second-order valence-corrected chi connectivity index (χ2v) is 11.1. The summed E-state index contributed by atoms with van der Waals surface area (Å²) in [6.07, 6.45) is 4.38. The Kier molecular flexibility index (Phi) is 11.9. The molecule has 5 aromatic carbocycles. The first-order valence-corrected chi connectivity index (χ1v) is 15.9. The van der Waals surface area contributed by atoms with Gasteiger partial charge in [0.25, 0.3) is 5.91 Å². The highest BCUT2D eigenvalue weighted by atomic mass is 16.5. The number of ether oxygens (including phenoxy) is 2. The number of hydrogen-bond acceptors (Lipinski definition) is 6. The predicted octanol–water partition coefficient (Wildman–Crippen LogP) is 7.63. The molecule has 0 fully saturated rings. The summed E-state index contributed by atoms with van der Waals surface area (Å²) in [5, 5.41) is 3.24. The first-order chi connectivity index (χ1) is 23.5. The molecule has 0 aliphatic heterocycles. The maximum atomic E-state index is 13.2. The molecule has 0 unspecified atom stereocenters. The van der Waals surface area contributed by atoms with Gasteiger partial charge in [0.2, 0.25) is 0 Å². The van der Waals surface area contributed by atoms with Crippen molar-refractivity contribution in [2.24, 2.45) is 0 Å². The standard InChI is InChI=1S/C41H38N2O5/c1-47-41(46)38(42-37-21-12-11-20-36(37)40(45)33-16-7-3-8-17-33)30-32-22-25-35(26-23-32)48-29-13-28-43(34-18-9-4-10-19-34)39(44)27-24-31-14-5-2-6-15-31/h2-12,14-27,38,42H,13,28-30H2,1H3/b27-24+/t38-/m0/s1. The summed E-state index contributed by atoms with van der Waals surface area (Å²) in [4.78, 5) is 40.9. The second-order valence-electron chi connectivity index (χ2n) is 11.1. The molecule has 0 saturated heterocycles. The zero-order valence-corrected chi connectivity index (χ0v) is 26.8. The quantitative estimate of drug-likeness (QED) is 0.0550. The molecular formula is C41H38N2O5. The third kappa shape index (κ3) is 9.30.